The summed E-state index contributed by atoms with van der Waals surface area (Å²) in [5, 5.41) is 20.1. The molecule has 0 spiro atoms. The van der Waals surface area contributed by atoms with Gasteiger partial charge in [0.25, 0.3) is 5.69 Å². The third-order valence-electron chi connectivity index (χ3n) is 2.73. The lowest BCUT2D eigenvalue weighted by atomic mass is 10.3. The van der Waals surface area contributed by atoms with E-state index in [0.717, 1.165) is 24.7 Å². The Morgan fingerprint density at radius 2 is 2.05 bits per heavy atom. The number of hydrogen-bond acceptors (Lipinski definition) is 6. The van der Waals surface area contributed by atoms with Gasteiger partial charge in [0.2, 0.25) is 0 Å². The Morgan fingerprint density at radius 3 is 2.63 bits per heavy atom. The summed E-state index contributed by atoms with van der Waals surface area (Å²) in [5.74, 6) is 0.831. The lowest BCUT2D eigenvalue weighted by Gasteiger charge is -2.10. The number of guanidine groups is 1. The molecule has 7 nitrogen and oxygen atoms in total. The minimum absolute atomic E-state index is 0.0992. The minimum atomic E-state index is -0.406. The highest BCUT2D eigenvalue weighted by molar-refractivity contribution is 5.81. The van der Waals surface area contributed by atoms with E-state index in [0.29, 0.717) is 12.6 Å². The van der Waals surface area contributed by atoms with Crippen molar-refractivity contribution in [3.8, 4) is 0 Å². The molecule has 0 amide bonds. The van der Waals surface area contributed by atoms with Crippen LogP contribution in [0.5, 0.6) is 0 Å². The molecule has 1 aromatic carbocycles. The Kier molecular flexibility index (Phi) is 4.17. The molecule has 1 aliphatic rings. The predicted molar refractivity (Wildman–Crippen MR) is 74.5 cm³/mol. The first kappa shape index (κ1) is 13.1. The second-order valence-electron chi connectivity index (χ2n) is 4.39. The second-order valence-corrected chi connectivity index (χ2v) is 4.39. The first-order valence-electron chi connectivity index (χ1n) is 6.18. The summed E-state index contributed by atoms with van der Waals surface area (Å²) in [6.07, 6.45) is 0. The summed E-state index contributed by atoms with van der Waals surface area (Å²) >= 11 is 0. The normalized spacial score (nSPS) is 17.5. The van der Waals surface area contributed by atoms with Gasteiger partial charge in [0, 0.05) is 37.0 Å². The first-order valence-corrected chi connectivity index (χ1v) is 6.18. The summed E-state index contributed by atoms with van der Waals surface area (Å²) in [4.78, 5) is 14.4. The highest BCUT2D eigenvalue weighted by atomic mass is 16.6. The van der Waals surface area contributed by atoms with E-state index in [-0.39, 0.29) is 5.69 Å². The van der Waals surface area contributed by atoms with Gasteiger partial charge in [-0.05, 0) is 19.1 Å². The minimum Gasteiger partial charge on any atom is -0.383 e. The molecular weight excluding hydrogens is 246 g/mol. The van der Waals surface area contributed by atoms with Crippen LogP contribution >= 0.6 is 0 Å². The van der Waals surface area contributed by atoms with Crippen molar-refractivity contribution in [3.63, 3.8) is 0 Å². The number of aliphatic imine (C=N–C) groups is 1. The lowest BCUT2D eigenvalue weighted by Crippen LogP contribution is -2.39. The fourth-order valence-corrected chi connectivity index (χ4v) is 1.75. The van der Waals surface area contributed by atoms with Gasteiger partial charge in [-0.1, -0.05) is 0 Å². The van der Waals surface area contributed by atoms with E-state index in [4.69, 9.17) is 0 Å². The second kappa shape index (κ2) is 6.03. The maximum Gasteiger partial charge on any atom is 0.269 e. The highest BCUT2D eigenvalue weighted by Crippen LogP contribution is 2.14. The van der Waals surface area contributed by atoms with Crippen LogP contribution in [0.25, 0.3) is 0 Å². The Morgan fingerprint density at radius 1 is 1.37 bits per heavy atom. The van der Waals surface area contributed by atoms with E-state index < -0.39 is 4.92 Å². The number of hydrogen-bond donors (Lipinski definition) is 3. The van der Waals surface area contributed by atoms with Crippen LogP contribution in [-0.4, -0.2) is 36.6 Å². The maximum atomic E-state index is 10.5. The monoisotopic (exact) mass is 263 g/mol. The van der Waals surface area contributed by atoms with Gasteiger partial charge in [-0.3, -0.25) is 15.1 Å². The quantitative estimate of drug-likeness (QED) is 0.418. The predicted octanol–water partition coefficient (Wildman–Crippen LogP) is 0.944. The van der Waals surface area contributed by atoms with Crippen molar-refractivity contribution in [2.45, 2.75) is 13.0 Å². The molecule has 0 saturated carbocycles. The van der Waals surface area contributed by atoms with E-state index in [2.05, 4.69) is 27.9 Å². The Balaban J connectivity index is 1.69. The van der Waals surface area contributed by atoms with Crippen molar-refractivity contribution in [2.24, 2.45) is 4.99 Å². The van der Waals surface area contributed by atoms with Gasteiger partial charge < -0.3 is 16.0 Å². The molecule has 1 aromatic rings. The highest BCUT2D eigenvalue weighted by Gasteiger charge is 2.10. The zero-order valence-corrected chi connectivity index (χ0v) is 10.7. The van der Waals surface area contributed by atoms with Crippen molar-refractivity contribution >= 4 is 17.3 Å². The number of nitro benzene ring substituents is 1. The van der Waals surface area contributed by atoms with Gasteiger partial charge >= 0.3 is 0 Å². The van der Waals surface area contributed by atoms with Crippen LogP contribution in [0.1, 0.15) is 6.92 Å². The van der Waals surface area contributed by atoms with Gasteiger partial charge in [-0.2, -0.15) is 0 Å². The third-order valence-corrected chi connectivity index (χ3v) is 2.73. The average molecular weight is 263 g/mol. The molecular formula is C12H17N5O2. The number of nitro groups is 1. The van der Waals surface area contributed by atoms with Gasteiger partial charge in [0.05, 0.1) is 11.5 Å². The molecule has 2 rings (SSSR count). The largest absolute Gasteiger partial charge is 0.383 e. The lowest BCUT2D eigenvalue weighted by molar-refractivity contribution is -0.384. The number of rotatable bonds is 5. The fraction of sp³-hybridized carbons (Fsp3) is 0.417. The van der Waals surface area contributed by atoms with Crippen LogP contribution < -0.4 is 16.0 Å². The van der Waals surface area contributed by atoms with Crippen molar-refractivity contribution in [3.05, 3.63) is 34.4 Å². The smallest absolute Gasteiger partial charge is 0.269 e. The molecule has 102 valence electrons. The van der Waals surface area contributed by atoms with Crippen LogP contribution in [0.3, 0.4) is 0 Å². The molecule has 0 aromatic heterocycles. The Bertz CT molecular complexity index is 472. The zero-order chi connectivity index (χ0) is 13.7. The summed E-state index contributed by atoms with van der Waals surface area (Å²) in [5.41, 5.74) is 0.962. The molecule has 0 fully saturated rings. The summed E-state index contributed by atoms with van der Waals surface area (Å²) < 4.78 is 0. The van der Waals surface area contributed by atoms with E-state index in [1.165, 1.54) is 12.1 Å². The van der Waals surface area contributed by atoms with Crippen LogP contribution in [0.15, 0.2) is 29.3 Å². The summed E-state index contributed by atoms with van der Waals surface area (Å²) in [6.45, 7) is 4.33. The molecule has 7 heteroatoms. The topological polar surface area (TPSA) is 91.6 Å². The molecule has 1 atom stereocenters. The average Bonchev–Trinajstić information content (AvgIpc) is 2.81. The van der Waals surface area contributed by atoms with E-state index in [1.54, 1.807) is 12.1 Å². The molecule has 0 radical (unpaired) electrons. The molecule has 1 aliphatic heterocycles. The number of nitrogens with one attached hydrogen (secondary N) is 3. The summed E-state index contributed by atoms with van der Waals surface area (Å²) in [6, 6.07) is 6.77. The van der Waals surface area contributed by atoms with Crippen LogP contribution in [0, 0.1) is 10.1 Å². The SMILES string of the molecule is CC1CN=C(NCCNc2ccc([N+](=O)[O-])cc2)N1. The van der Waals surface area contributed by atoms with Gasteiger partial charge in [-0.15, -0.1) is 0 Å². The van der Waals surface area contributed by atoms with Gasteiger partial charge in [0.1, 0.15) is 0 Å². The maximum absolute atomic E-state index is 10.5. The molecule has 0 aliphatic carbocycles. The van der Waals surface area contributed by atoms with Crippen LogP contribution in [-0.2, 0) is 0 Å². The van der Waals surface area contributed by atoms with Gasteiger partial charge in [0.15, 0.2) is 5.96 Å². The van der Waals surface area contributed by atoms with Crippen molar-refractivity contribution in [2.75, 3.05) is 25.0 Å². The standard InChI is InChI=1S/C12H17N5O2/c1-9-8-15-12(16-9)14-7-6-13-10-2-4-11(5-3-10)17(18)19/h2-5,9,13H,6-8H2,1H3,(H2,14,15,16). The third kappa shape index (κ3) is 3.84. The molecule has 1 heterocycles. The fourth-order valence-electron chi connectivity index (χ4n) is 1.75. The van der Waals surface area contributed by atoms with Crippen LogP contribution in [0.4, 0.5) is 11.4 Å². The number of non-ortho nitro benzene ring substituents is 1. The Hall–Kier alpha value is -2.31. The van der Waals surface area contributed by atoms with Crippen LogP contribution in [0.2, 0.25) is 0 Å². The van der Waals surface area contributed by atoms with E-state index >= 15 is 0 Å². The summed E-state index contributed by atoms with van der Waals surface area (Å²) in [7, 11) is 0. The first-order chi connectivity index (χ1) is 9.15. The van der Waals surface area contributed by atoms with Gasteiger partial charge in [-0.25, -0.2) is 0 Å². The Labute approximate surface area is 111 Å². The molecule has 1 unspecified atom stereocenters. The van der Waals surface area contributed by atoms with Crippen molar-refractivity contribution in [1.29, 1.82) is 0 Å². The number of anilines is 1. The molecule has 0 saturated heterocycles. The molecule has 19 heavy (non-hydrogen) atoms. The molecule has 0 bridgehead atoms. The number of benzene rings is 1. The zero-order valence-electron chi connectivity index (χ0n) is 10.7. The van der Waals surface area contributed by atoms with Crippen molar-refractivity contribution in [1.82, 2.24) is 10.6 Å². The van der Waals surface area contributed by atoms with E-state index in [9.17, 15) is 10.1 Å². The van der Waals surface area contributed by atoms with Crippen molar-refractivity contribution < 1.29 is 4.92 Å². The number of nitrogens with zero attached hydrogens (tertiary/aromatic N) is 2. The molecule has 3 N–H and O–H groups in total. The van der Waals surface area contributed by atoms with E-state index in [1.807, 2.05) is 0 Å².